The molecular formula is C13H17NO2. The van der Waals surface area contributed by atoms with E-state index in [9.17, 15) is 4.79 Å². The van der Waals surface area contributed by atoms with Crippen molar-refractivity contribution in [2.24, 2.45) is 0 Å². The van der Waals surface area contributed by atoms with Crippen LogP contribution in [0.4, 0.5) is 0 Å². The van der Waals surface area contributed by atoms with Gasteiger partial charge in [0.05, 0.1) is 7.11 Å². The van der Waals surface area contributed by atoms with E-state index in [0.29, 0.717) is 5.92 Å². The fourth-order valence-corrected chi connectivity index (χ4v) is 1.34. The fourth-order valence-electron chi connectivity index (χ4n) is 1.34. The van der Waals surface area contributed by atoms with E-state index >= 15 is 0 Å². The van der Waals surface area contributed by atoms with E-state index in [-0.39, 0.29) is 5.97 Å². The van der Waals surface area contributed by atoms with E-state index in [1.165, 1.54) is 18.7 Å². The van der Waals surface area contributed by atoms with Crippen LogP contribution in [0.1, 0.15) is 18.4 Å². The second-order valence-electron chi connectivity index (χ2n) is 3.58. The molecule has 0 heterocycles. The number of benzene rings is 1. The highest BCUT2D eigenvalue weighted by Crippen LogP contribution is 2.12. The van der Waals surface area contributed by atoms with Crippen molar-refractivity contribution < 1.29 is 9.53 Å². The third-order valence-corrected chi connectivity index (χ3v) is 2.33. The lowest BCUT2D eigenvalue weighted by Crippen LogP contribution is -2.14. The summed E-state index contributed by atoms with van der Waals surface area (Å²) in [6.07, 6.45) is 2.99. The van der Waals surface area contributed by atoms with E-state index in [1.54, 1.807) is 6.20 Å². The predicted octanol–water partition coefficient (Wildman–Crippen LogP) is 2.07. The Morgan fingerprint density at radius 2 is 2.12 bits per heavy atom. The predicted molar refractivity (Wildman–Crippen MR) is 64.0 cm³/mol. The minimum atomic E-state index is -0.347. The Kier molecular flexibility index (Phi) is 5.12. The lowest BCUT2D eigenvalue weighted by atomic mass is 10.0. The number of hydrogen-bond acceptors (Lipinski definition) is 3. The van der Waals surface area contributed by atoms with Crippen molar-refractivity contribution in [3.05, 3.63) is 48.2 Å². The van der Waals surface area contributed by atoms with Crippen molar-refractivity contribution in [3.63, 3.8) is 0 Å². The van der Waals surface area contributed by atoms with Gasteiger partial charge in [-0.15, -0.1) is 0 Å². The van der Waals surface area contributed by atoms with Crippen LogP contribution in [0.5, 0.6) is 0 Å². The van der Waals surface area contributed by atoms with Gasteiger partial charge >= 0.3 is 5.97 Å². The van der Waals surface area contributed by atoms with Crippen LogP contribution in [-0.4, -0.2) is 19.6 Å². The second kappa shape index (κ2) is 6.67. The molecule has 0 radical (unpaired) electrons. The van der Waals surface area contributed by atoms with Crippen LogP contribution in [0.3, 0.4) is 0 Å². The van der Waals surface area contributed by atoms with Gasteiger partial charge in [-0.3, -0.25) is 0 Å². The zero-order valence-electron chi connectivity index (χ0n) is 9.64. The Morgan fingerprint density at radius 3 is 2.75 bits per heavy atom. The molecule has 0 saturated carbocycles. The summed E-state index contributed by atoms with van der Waals surface area (Å²) in [5.74, 6) is 0.0587. The summed E-state index contributed by atoms with van der Waals surface area (Å²) in [7, 11) is 1.36. The maximum absolute atomic E-state index is 10.8. The molecule has 0 aliphatic carbocycles. The minimum absolute atomic E-state index is 0.347. The number of nitrogens with one attached hydrogen (secondary N) is 1. The largest absolute Gasteiger partial charge is 0.466 e. The molecule has 0 bridgehead atoms. The molecular weight excluding hydrogens is 202 g/mol. The number of ether oxygens (including phenoxy) is 1. The summed E-state index contributed by atoms with van der Waals surface area (Å²) in [4.78, 5) is 10.8. The van der Waals surface area contributed by atoms with Gasteiger partial charge in [-0.25, -0.2) is 4.79 Å². The third-order valence-electron chi connectivity index (χ3n) is 2.33. The minimum Gasteiger partial charge on any atom is -0.466 e. The molecule has 0 aliphatic rings. The van der Waals surface area contributed by atoms with Crippen molar-refractivity contribution >= 4 is 5.97 Å². The van der Waals surface area contributed by atoms with Crippen LogP contribution in [0.15, 0.2) is 42.6 Å². The van der Waals surface area contributed by atoms with Gasteiger partial charge in [0.15, 0.2) is 0 Å². The molecule has 1 unspecified atom stereocenters. The molecule has 0 fully saturated rings. The lowest BCUT2D eigenvalue weighted by Gasteiger charge is -2.11. The van der Waals surface area contributed by atoms with E-state index in [4.69, 9.17) is 0 Å². The Bertz CT molecular complexity index is 346. The monoisotopic (exact) mass is 219 g/mol. The zero-order chi connectivity index (χ0) is 11.8. The molecule has 1 aromatic carbocycles. The summed E-state index contributed by atoms with van der Waals surface area (Å²) in [6.45, 7) is 2.92. The molecule has 0 aromatic heterocycles. The number of methoxy groups -OCH3 is 1. The normalized spacial score (nSPS) is 12.4. The molecule has 1 atom stereocenters. The zero-order valence-corrected chi connectivity index (χ0v) is 9.64. The van der Waals surface area contributed by atoms with E-state index in [2.05, 4.69) is 29.1 Å². The van der Waals surface area contributed by atoms with Crippen LogP contribution in [0.2, 0.25) is 0 Å². The Balaban J connectivity index is 2.34. The number of carbonyl (C=O) groups excluding carboxylic acids is 1. The smallest absolute Gasteiger partial charge is 0.331 e. The van der Waals surface area contributed by atoms with Crippen LogP contribution < -0.4 is 5.32 Å². The topological polar surface area (TPSA) is 38.3 Å². The average Bonchev–Trinajstić information content (AvgIpc) is 2.35. The Hall–Kier alpha value is -1.77. The first kappa shape index (κ1) is 12.3. The van der Waals surface area contributed by atoms with Crippen molar-refractivity contribution in [1.82, 2.24) is 5.32 Å². The Labute approximate surface area is 96.1 Å². The van der Waals surface area contributed by atoms with E-state index in [1.807, 2.05) is 18.2 Å². The quantitative estimate of drug-likeness (QED) is 0.608. The maximum Gasteiger partial charge on any atom is 0.331 e. The summed E-state index contributed by atoms with van der Waals surface area (Å²) in [5.41, 5.74) is 1.28. The summed E-state index contributed by atoms with van der Waals surface area (Å²) >= 11 is 0. The molecule has 0 saturated heterocycles. The summed E-state index contributed by atoms with van der Waals surface area (Å²) < 4.78 is 4.48. The highest BCUT2D eigenvalue weighted by atomic mass is 16.5. The van der Waals surface area contributed by atoms with Gasteiger partial charge in [-0.1, -0.05) is 37.3 Å². The van der Waals surface area contributed by atoms with E-state index in [0.717, 1.165) is 6.54 Å². The van der Waals surface area contributed by atoms with Gasteiger partial charge in [0, 0.05) is 18.8 Å². The van der Waals surface area contributed by atoms with Crippen LogP contribution in [0.25, 0.3) is 0 Å². The highest BCUT2D eigenvalue weighted by Gasteiger charge is 2.02. The molecule has 3 heteroatoms. The number of rotatable bonds is 5. The first-order valence-electron chi connectivity index (χ1n) is 5.27. The first-order chi connectivity index (χ1) is 7.74. The van der Waals surface area contributed by atoms with Crippen molar-refractivity contribution in [3.8, 4) is 0 Å². The van der Waals surface area contributed by atoms with Gasteiger partial charge < -0.3 is 10.1 Å². The van der Waals surface area contributed by atoms with Crippen molar-refractivity contribution in [2.75, 3.05) is 13.7 Å². The van der Waals surface area contributed by atoms with Gasteiger partial charge in [-0.05, 0) is 11.5 Å². The number of esters is 1. The van der Waals surface area contributed by atoms with Crippen molar-refractivity contribution in [1.29, 1.82) is 0 Å². The maximum atomic E-state index is 10.8. The SMILES string of the molecule is COC(=O)/C=C/NCC(C)c1ccccc1. The molecule has 0 amide bonds. The van der Waals surface area contributed by atoms with Crippen molar-refractivity contribution in [2.45, 2.75) is 12.8 Å². The lowest BCUT2D eigenvalue weighted by molar-refractivity contribution is -0.134. The molecule has 0 spiro atoms. The molecule has 1 aromatic rings. The standard InChI is InChI=1S/C13H17NO2/c1-11(12-6-4-3-5-7-12)10-14-9-8-13(15)16-2/h3-9,11,14H,10H2,1-2H3/b9-8+. The molecule has 1 rings (SSSR count). The average molecular weight is 219 g/mol. The summed E-state index contributed by atoms with van der Waals surface area (Å²) in [5, 5.41) is 3.07. The van der Waals surface area contributed by atoms with Crippen LogP contribution >= 0.6 is 0 Å². The highest BCUT2D eigenvalue weighted by molar-refractivity contribution is 5.81. The molecule has 1 N–H and O–H groups in total. The number of carbonyl (C=O) groups is 1. The fraction of sp³-hybridized carbons (Fsp3) is 0.308. The van der Waals surface area contributed by atoms with Gasteiger partial charge in [0.1, 0.15) is 0 Å². The molecule has 0 aliphatic heterocycles. The third kappa shape index (κ3) is 4.17. The molecule has 86 valence electrons. The number of hydrogen-bond donors (Lipinski definition) is 1. The van der Waals surface area contributed by atoms with E-state index < -0.39 is 0 Å². The second-order valence-corrected chi connectivity index (χ2v) is 3.58. The first-order valence-corrected chi connectivity index (χ1v) is 5.27. The van der Waals surface area contributed by atoms with Crippen LogP contribution in [-0.2, 0) is 9.53 Å². The van der Waals surface area contributed by atoms with Crippen LogP contribution in [0, 0.1) is 0 Å². The summed E-state index contributed by atoms with van der Waals surface area (Å²) in [6, 6.07) is 10.2. The molecule has 3 nitrogen and oxygen atoms in total. The van der Waals surface area contributed by atoms with Gasteiger partial charge in [-0.2, -0.15) is 0 Å². The Morgan fingerprint density at radius 1 is 1.44 bits per heavy atom. The van der Waals surface area contributed by atoms with Gasteiger partial charge in [0.2, 0.25) is 0 Å². The van der Waals surface area contributed by atoms with Gasteiger partial charge in [0.25, 0.3) is 0 Å². The molecule has 16 heavy (non-hydrogen) atoms.